The highest BCUT2D eigenvalue weighted by atomic mass is 16.5. The molecule has 3 nitrogen and oxygen atoms in total. The first-order chi connectivity index (χ1) is 9.63. The van der Waals surface area contributed by atoms with Gasteiger partial charge in [-0.05, 0) is 57.4 Å². The average molecular weight is 274 g/mol. The molecule has 1 N–H and O–H groups in total. The summed E-state index contributed by atoms with van der Waals surface area (Å²) in [5, 5.41) is 12.1. The van der Waals surface area contributed by atoms with Gasteiger partial charge in [-0.25, -0.2) is 0 Å². The first-order valence-electron chi connectivity index (χ1n) is 7.45. The molecule has 20 heavy (non-hydrogen) atoms. The second-order valence-electron chi connectivity index (χ2n) is 5.39. The van der Waals surface area contributed by atoms with Gasteiger partial charge >= 0.3 is 0 Å². The van der Waals surface area contributed by atoms with Crippen molar-refractivity contribution in [2.75, 3.05) is 13.7 Å². The molecular formula is C17H26N2O. The van der Waals surface area contributed by atoms with E-state index < -0.39 is 5.54 Å². The van der Waals surface area contributed by atoms with Gasteiger partial charge in [0, 0.05) is 0 Å². The molecule has 0 aliphatic rings. The number of benzene rings is 1. The van der Waals surface area contributed by atoms with E-state index in [1.165, 1.54) is 18.4 Å². The third-order valence-corrected chi connectivity index (χ3v) is 3.63. The summed E-state index contributed by atoms with van der Waals surface area (Å²) in [7, 11) is 1.82. The van der Waals surface area contributed by atoms with E-state index in [-0.39, 0.29) is 0 Å². The molecule has 1 aromatic rings. The normalized spacial score (nSPS) is 13.5. The summed E-state index contributed by atoms with van der Waals surface area (Å²) in [4.78, 5) is 0. The number of ether oxygens (including phenoxy) is 1. The molecule has 0 aliphatic carbocycles. The highest BCUT2D eigenvalue weighted by Gasteiger charge is 2.19. The molecule has 0 radical (unpaired) electrons. The number of nitrogens with one attached hydrogen (secondary N) is 1. The maximum atomic E-state index is 9.05. The van der Waals surface area contributed by atoms with Crippen molar-refractivity contribution in [1.82, 2.24) is 5.32 Å². The Hall–Kier alpha value is -1.53. The van der Waals surface area contributed by atoms with Crippen LogP contribution in [-0.2, 0) is 6.42 Å². The largest absolute Gasteiger partial charge is 0.494 e. The number of hydrogen-bond donors (Lipinski definition) is 1. The van der Waals surface area contributed by atoms with Crippen molar-refractivity contribution in [3.63, 3.8) is 0 Å². The van der Waals surface area contributed by atoms with Gasteiger partial charge in [-0.2, -0.15) is 5.26 Å². The Balaban J connectivity index is 2.30. The van der Waals surface area contributed by atoms with Gasteiger partial charge in [-0.15, -0.1) is 0 Å². The summed E-state index contributed by atoms with van der Waals surface area (Å²) in [6, 6.07) is 10.6. The van der Waals surface area contributed by atoms with Crippen LogP contribution in [0.2, 0.25) is 0 Å². The van der Waals surface area contributed by atoms with Crippen molar-refractivity contribution in [3.05, 3.63) is 29.8 Å². The van der Waals surface area contributed by atoms with E-state index in [0.717, 1.165) is 25.0 Å². The SMILES string of the molecule is CCCCc1ccc(OCCCC(C)(C#N)NC)cc1. The number of nitriles is 1. The third kappa shape index (κ3) is 5.63. The van der Waals surface area contributed by atoms with Crippen molar-refractivity contribution in [2.45, 2.75) is 51.5 Å². The lowest BCUT2D eigenvalue weighted by atomic mass is 9.98. The van der Waals surface area contributed by atoms with Crippen LogP contribution in [-0.4, -0.2) is 19.2 Å². The highest BCUT2D eigenvalue weighted by Crippen LogP contribution is 2.15. The van der Waals surface area contributed by atoms with E-state index >= 15 is 0 Å². The fourth-order valence-corrected chi connectivity index (χ4v) is 1.99. The van der Waals surface area contributed by atoms with Crippen LogP contribution in [0.3, 0.4) is 0 Å². The first kappa shape index (κ1) is 16.5. The van der Waals surface area contributed by atoms with Gasteiger partial charge in [0.25, 0.3) is 0 Å². The molecule has 0 fully saturated rings. The van der Waals surface area contributed by atoms with E-state index in [1.54, 1.807) is 0 Å². The zero-order valence-electron chi connectivity index (χ0n) is 12.9. The minimum atomic E-state index is -0.451. The molecule has 1 unspecified atom stereocenters. The summed E-state index contributed by atoms with van der Waals surface area (Å²) >= 11 is 0. The molecule has 0 aliphatic heterocycles. The number of nitrogens with zero attached hydrogens (tertiary/aromatic N) is 1. The Morgan fingerprint density at radius 2 is 1.95 bits per heavy atom. The summed E-state index contributed by atoms with van der Waals surface area (Å²) in [5.41, 5.74) is 0.916. The quantitative estimate of drug-likeness (QED) is 0.698. The van der Waals surface area contributed by atoms with E-state index in [1.807, 2.05) is 26.1 Å². The lowest BCUT2D eigenvalue weighted by Crippen LogP contribution is -2.38. The standard InChI is InChI=1S/C17H26N2O/c1-4-5-7-15-8-10-16(11-9-15)20-13-6-12-17(2,14-18)19-3/h8-11,19H,4-7,12-13H2,1-3H3. The van der Waals surface area contributed by atoms with Crippen LogP contribution >= 0.6 is 0 Å². The van der Waals surface area contributed by atoms with Gasteiger partial charge in [0.1, 0.15) is 11.3 Å². The number of unbranched alkanes of at least 4 members (excludes halogenated alkanes) is 1. The van der Waals surface area contributed by atoms with Crippen LogP contribution < -0.4 is 10.1 Å². The minimum absolute atomic E-state index is 0.451. The second-order valence-corrected chi connectivity index (χ2v) is 5.39. The van der Waals surface area contributed by atoms with Gasteiger partial charge in [0.05, 0.1) is 12.7 Å². The van der Waals surface area contributed by atoms with Gasteiger partial charge in [0.15, 0.2) is 0 Å². The van der Waals surface area contributed by atoms with Crippen molar-refractivity contribution in [2.24, 2.45) is 0 Å². The average Bonchev–Trinajstić information content (AvgIpc) is 2.50. The Bertz CT molecular complexity index is 422. The van der Waals surface area contributed by atoms with Crippen LogP contribution in [0, 0.1) is 11.3 Å². The Kier molecular flexibility index (Phi) is 7.11. The van der Waals surface area contributed by atoms with E-state index in [4.69, 9.17) is 10.00 Å². The molecule has 1 aromatic carbocycles. The summed E-state index contributed by atoms with van der Waals surface area (Å²) in [6.45, 7) is 4.76. The molecule has 0 saturated heterocycles. The molecule has 110 valence electrons. The summed E-state index contributed by atoms with van der Waals surface area (Å²) in [6.07, 6.45) is 5.24. The number of hydrogen-bond acceptors (Lipinski definition) is 3. The Labute approximate surface area is 123 Å². The van der Waals surface area contributed by atoms with Gasteiger partial charge < -0.3 is 10.1 Å². The maximum absolute atomic E-state index is 9.05. The van der Waals surface area contributed by atoms with Crippen molar-refractivity contribution >= 4 is 0 Å². The highest BCUT2D eigenvalue weighted by molar-refractivity contribution is 5.27. The zero-order chi connectivity index (χ0) is 14.8. The molecule has 1 atom stereocenters. The molecule has 3 heteroatoms. The molecule has 0 spiro atoms. The number of aryl methyl sites for hydroxylation is 1. The molecule has 1 rings (SSSR count). The van der Waals surface area contributed by atoms with E-state index in [9.17, 15) is 0 Å². The monoisotopic (exact) mass is 274 g/mol. The topological polar surface area (TPSA) is 45.0 Å². The Morgan fingerprint density at radius 3 is 2.50 bits per heavy atom. The predicted molar refractivity (Wildman–Crippen MR) is 82.9 cm³/mol. The molecule has 0 aromatic heterocycles. The van der Waals surface area contributed by atoms with Crippen LogP contribution in [0.15, 0.2) is 24.3 Å². The fraction of sp³-hybridized carbons (Fsp3) is 0.588. The predicted octanol–water partition coefficient (Wildman–Crippen LogP) is 3.69. The lowest BCUT2D eigenvalue weighted by Gasteiger charge is -2.20. The van der Waals surface area contributed by atoms with Crippen molar-refractivity contribution < 1.29 is 4.74 Å². The van der Waals surface area contributed by atoms with Crippen molar-refractivity contribution in [3.8, 4) is 11.8 Å². The smallest absolute Gasteiger partial charge is 0.119 e. The molecule has 0 heterocycles. The Morgan fingerprint density at radius 1 is 1.25 bits per heavy atom. The molecule has 0 amide bonds. The molecular weight excluding hydrogens is 248 g/mol. The summed E-state index contributed by atoms with van der Waals surface area (Å²) < 4.78 is 5.71. The van der Waals surface area contributed by atoms with Crippen LogP contribution in [0.1, 0.15) is 45.1 Å². The van der Waals surface area contributed by atoms with E-state index in [0.29, 0.717) is 6.61 Å². The molecule has 0 bridgehead atoms. The van der Waals surface area contributed by atoms with Crippen LogP contribution in [0.4, 0.5) is 0 Å². The van der Waals surface area contributed by atoms with Gasteiger partial charge in [-0.1, -0.05) is 25.5 Å². The maximum Gasteiger partial charge on any atom is 0.119 e. The fourth-order valence-electron chi connectivity index (χ4n) is 1.99. The van der Waals surface area contributed by atoms with Crippen molar-refractivity contribution in [1.29, 1.82) is 5.26 Å². The van der Waals surface area contributed by atoms with E-state index in [2.05, 4.69) is 30.4 Å². The lowest BCUT2D eigenvalue weighted by molar-refractivity contribution is 0.289. The molecule has 0 saturated carbocycles. The van der Waals surface area contributed by atoms with Gasteiger partial charge in [-0.3, -0.25) is 0 Å². The van der Waals surface area contributed by atoms with Crippen LogP contribution in [0.5, 0.6) is 5.75 Å². The number of rotatable bonds is 9. The summed E-state index contributed by atoms with van der Waals surface area (Å²) in [5.74, 6) is 0.911. The van der Waals surface area contributed by atoms with Gasteiger partial charge in [0.2, 0.25) is 0 Å². The third-order valence-electron chi connectivity index (χ3n) is 3.63. The zero-order valence-corrected chi connectivity index (χ0v) is 12.9. The van der Waals surface area contributed by atoms with Crippen LogP contribution in [0.25, 0.3) is 0 Å². The first-order valence-corrected chi connectivity index (χ1v) is 7.45. The minimum Gasteiger partial charge on any atom is -0.494 e. The second kappa shape index (κ2) is 8.60.